The fourth-order valence-electron chi connectivity index (χ4n) is 1.49. The van der Waals surface area contributed by atoms with Crippen molar-refractivity contribution in [2.75, 3.05) is 24.4 Å². The first-order valence-electron chi connectivity index (χ1n) is 5.51. The molecule has 1 aromatic carbocycles. The Kier molecular flexibility index (Phi) is 5.19. The van der Waals surface area contributed by atoms with Crippen LogP contribution in [0.2, 0.25) is 0 Å². The van der Waals surface area contributed by atoms with Gasteiger partial charge in [0.15, 0.2) is 9.84 Å². The van der Waals surface area contributed by atoms with Gasteiger partial charge in [0.1, 0.15) is 10.6 Å². The zero-order valence-corrected chi connectivity index (χ0v) is 12.5. The van der Waals surface area contributed by atoms with Crippen LogP contribution in [0.25, 0.3) is 0 Å². The van der Waals surface area contributed by atoms with Crippen LogP contribution in [0, 0.1) is 10.1 Å². The maximum absolute atomic E-state index is 11.6. The molecular weight excluding hydrogens is 288 g/mol. The Hall–Kier alpha value is -1.28. The lowest BCUT2D eigenvalue weighted by atomic mass is 10.2. The number of anilines is 1. The molecule has 0 fully saturated rings. The van der Waals surface area contributed by atoms with E-state index in [1.54, 1.807) is 11.8 Å². The van der Waals surface area contributed by atoms with Gasteiger partial charge in [-0.25, -0.2) is 8.42 Å². The van der Waals surface area contributed by atoms with Crippen molar-refractivity contribution in [2.24, 2.45) is 0 Å². The van der Waals surface area contributed by atoms with Crippen molar-refractivity contribution in [3.8, 4) is 0 Å². The third-order valence-corrected chi connectivity index (χ3v) is 4.66. The van der Waals surface area contributed by atoms with Crippen LogP contribution in [0.15, 0.2) is 23.1 Å². The second kappa shape index (κ2) is 6.25. The van der Waals surface area contributed by atoms with Gasteiger partial charge in [0.25, 0.3) is 0 Å². The first kappa shape index (κ1) is 15.8. The van der Waals surface area contributed by atoms with Crippen molar-refractivity contribution < 1.29 is 13.3 Å². The highest BCUT2D eigenvalue weighted by Gasteiger charge is 2.25. The molecule has 1 unspecified atom stereocenters. The molecule has 0 saturated heterocycles. The lowest BCUT2D eigenvalue weighted by Crippen LogP contribution is -2.14. The molecule has 1 aromatic rings. The quantitative estimate of drug-likeness (QED) is 0.640. The minimum Gasteiger partial charge on any atom is -0.378 e. The Morgan fingerprint density at radius 1 is 1.47 bits per heavy atom. The van der Waals surface area contributed by atoms with Crippen molar-refractivity contribution in [1.82, 2.24) is 0 Å². The Balaban J connectivity index is 3.22. The number of sulfone groups is 1. The predicted octanol–water partition coefficient (Wildman–Crippen LogP) is 2.16. The Bertz CT molecular complexity index is 572. The molecule has 0 aromatic heterocycles. The molecule has 6 nitrogen and oxygen atoms in total. The first-order valence-corrected chi connectivity index (χ1v) is 8.69. The van der Waals surface area contributed by atoms with Gasteiger partial charge in [-0.3, -0.25) is 10.1 Å². The molecule has 0 aliphatic heterocycles. The van der Waals surface area contributed by atoms with Crippen LogP contribution >= 0.6 is 11.8 Å². The minimum absolute atomic E-state index is 0.230. The SMILES string of the molecule is CSC(C)CNc1cccc(S(C)(=O)=O)c1[N+](=O)[O-]. The molecule has 1 atom stereocenters. The van der Waals surface area contributed by atoms with Crippen molar-refractivity contribution >= 4 is 33.0 Å². The summed E-state index contributed by atoms with van der Waals surface area (Å²) in [6.45, 7) is 2.50. The van der Waals surface area contributed by atoms with Gasteiger partial charge in [0.2, 0.25) is 0 Å². The molecule has 0 radical (unpaired) electrons. The molecule has 0 spiro atoms. The van der Waals surface area contributed by atoms with Gasteiger partial charge in [-0.05, 0) is 18.4 Å². The van der Waals surface area contributed by atoms with Crippen molar-refractivity contribution in [3.63, 3.8) is 0 Å². The zero-order chi connectivity index (χ0) is 14.6. The lowest BCUT2D eigenvalue weighted by Gasteiger charge is -2.12. The number of hydrogen-bond donors (Lipinski definition) is 1. The van der Waals surface area contributed by atoms with Gasteiger partial charge in [0.05, 0.1) is 4.92 Å². The van der Waals surface area contributed by atoms with E-state index in [1.165, 1.54) is 18.2 Å². The zero-order valence-electron chi connectivity index (χ0n) is 10.9. The molecule has 0 aliphatic carbocycles. The third kappa shape index (κ3) is 4.10. The molecule has 0 amide bonds. The van der Waals surface area contributed by atoms with E-state index < -0.39 is 20.4 Å². The van der Waals surface area contributed by atoms with E-state index >= 15 is 0 Å². The van der Waals surface area contributed by atoms with Crippen molar-refractivity contribution in [2.45, 2.75) is 17.1 Å². The summed E-state index contributed by atoms with van der Waals surface area (Å²) in [6.07, 6.45) is 2.90. The highest BCUT2D eigenvalue weighted by molar-refractivity contribution is 7.99. The van der Waals surface area contributed by atoms with Crippen LogP contribution in [0.5, 0.6) is 0 Å². The van der Waals surface area contributed by atoms with E-state index in [0.717, 1.165) is 6.26 Å². The topological polar surface area (TPSA) is 89.3 Å². The number of nitro benzene ring substituents is 1. The van der Waals surface area contributed by atoms with E-state index in [-0.39, 0.29) is 15.8 Å². The number of rotatable bonds is 6. The van der Waals surface area contributed by atoms with E-state index in [9.17, 15) is 18.5 Å². The van der Waals surface area contributed by atoms with Gasteiger partial charge in [-0.15, -0.1) is 0 Å². The smallest absolute Gasteiger partial charge is 0.310 e. The summed E-state index contributed by atoms with van der Waals surface area (Å²) in [5.74, 6) is 0. The average Bonchev–Trinajstić information content (AvgIpc) is 2.34. The van der Waals surface area contributed by atoms with E-state index in [0.29, 0.717) is 6.54 Å². The fraction of sp³-hybridized carbons (Fsp3) is 0.455. The Morgan fingerprint density at radius 2 is 2.11 bits per heavy atom. The normalized spacial score (nSPS) is 13.0. The van der Waals surface area contributed by atoms with Crippen LogP contribution < -0.4 is 5.32 Å². The summed E-state index contributed by atoms with van der Waals surface area (Å²) in [6, 6.07) is 4.26. The summed E-state index contributed by atoms with van der Waals surface area (Å²) in [7, 11) is -3.63. The van der Waals surface area contributed by atoms with Gasteiger partial charge in [-0.1, -0.05) is 13.0 Å². The van der Waals surface area contributed by atoms with Crippen LogP contribution in [0.3, 0.4) is 0 Å². The molecule has 106 valence electrons. The highest BCUT2D eigenvalue weighted by atomic mass is 32.2. The van der Waals surface area contributed by atoms with Crippen molar-refractivity contribution in [3.05, 3.63) is 28.3 Å². The molecule has 0 bridgehead atoms. The number of nitrogens with zero attached hydrogens (tertiary/aromatic N) is 1. The molecular formula is C11H16N2O4S2. The molecule has 19 heavy (non-hydrogen) atoms. The molecule has 0 saturated carbocycles. The van der Waals surface area contributed by atoms with Crippen molar-refractivity contribution in [1.29, 1.82) is 0 Å². The summed E-state index contributed by atoms with van der Waals surface area (Å²) < 4.78 is 23.1. The molecule has 1 rings (SSSR count). The predicted molar refractivity (Wildman–Crippen MR) is 77.7 cm³/mol. The van der Waals surface area contributed by atoms with Crippen LogP contribution in [-0.4, -0.2) is 37.6 Å². The van der Waals surface area contributed by atoms with Crippen LogP contribution in [0.1, 0.15) is 6.92 Å². The number of benzene rings is 1. The number of nitro groups is 1. The summed E-state index contributed by atoms with van der Waals surface area (Å²) in [4.78, 5) is 10.2. The van der Waals surface area contributed by atoms with Gasteiger partial charge >= 0.3 is 5.69 Å². The molecule has 0 heterocycles. The first-order chi connectivity index (χ1) is 8.77. The Morgan fingerprint density at radius 3 is 2.58 bits per heavy atom. The number of thioether (sulfide) groups is 1. The number of nitrogens with one attached hydrogen (secondary N) is 1. The largest absolute Gasteiger partial charge is 0.378 e. The summed E-state index contributed by atoms with van der Waals surface area (Å²) in [5, 5.41) is 14.3. The standard InChI is InChI=1S/C11H16N2O4S2/c1-8(18-2)7-12-9-5-4-6-10(19(3,16)17)11(9)13(14)15/h4-6,8,12H,7H2,1-3H3. The number of para-hydroxylation sites is 1. The second-order valence-electron chi connectivity index (χ2n) is 4.11. The Labute approximate surface area is 116 Å². The lowest BCUT2D eigenvalue weighted by molar-refractivity contribution is -0.386. The van der Waals surface area contributed by atoms with E-state index in [4.69, 9.17) is 0 Å². The maximum Gasteiger partial charge on any atom is 0.310 e. The average molecular weight is 304 g/mol. The van der Waals surface area contributed by atoms with Crippen LogP contribution in [-0.2, 0) is 9.84 Å². The fourth-order valence-corrected chi connectivity index (χ4v) is 2.60. The molecule has 8 heteroatoms. The minimum atomic E-state index is -3.63. The van der Waals surface area contributed by atoms with Gasteiger partial charge in [-0.2, -0.15) is 11.8 Å². The second-order valence-corrected chi connectivity index (χ2v) is 7.37. The molecule has 1 N–H and O–H groups in total. The van der Waals surface area contributed by atoms with E-state index in [1.807, 2.05) is 13.2 Å². The number of hydrogen-bond acceptors (Lipinski definition) is 6. The van der Waals surface area contributed by atoms with Gasteiger partial charge < -0.3 is 5.32 Å². The van der Waals surface area contributed by atoms with Gasteiger partial charge in [0, 0.05) is 18.1 Å². The summed E-state index contributed by atoms with van der Waals surface area (Å²) in [5.41, 5.74) is -0.160. The molecule has 0 aliphatic rings. The van der Waals surface area contributed by atoms with Crippen LogP contribution in [0.4, 0.5) is 11.4 Å². The highest BCUT2D eigenvalue weighted by Crippen LogP contribution is 2.32. The van der Waals surface area contributed by atoms with E-state index in [2.05, 4.69) is 5.32 Å². The monoisotopic (exact) mass is 304 g/mol. The summed E-state index contributed by atoms with van der Waals surface area (Å²) >= 11 is 1.62. The maximum atomic E-state index is 11.6. The third-order valence-electron chi connectivity index (χ3n) is 2.56.